The normalized spacial score (nSPS) is 22.9. The molecule has 0 heterocycles. The van der Waals surface area contributed by atoms with Gasteiger partial charge in [0.1, 0.15) is 0 Å². The van der Waals surface area contributed by atoms with Crippen molar-refractivity contribution in [3.8, 4) is 0 Å². The maximum absolute atomic E-state index is 5.87. The van der Waals surface area contributed by atoms with Crippen LogP contribution in [0, 0.1) is 17.3 Å². The van der Waals surface area contributed by atoms with E-state index in [4.69, 9.17) is 5.73 Å². The molecule has 0 aromatic heterocycles. The Bertz CT molecular complexity index is 268. The summed E-state index contributed by atoms with van der Waals surface area (Å²) in [6, 6.07) is 0. The van der Waals surface area contributed by atoms with E-state index in [0.717, 1.165) is 24.9 Å². The maximum atomic E-state index is 5.87. The van der Waals surface area contributed by atoms with Crippen LogP contribution in [0.2, 0.25) is 0 Å². The summed E-state index contributed by atoms with van der Waals surface area (Å²) < 4.78 is 0. The van der Waals surface area contributed by atoms with Crippen molar-refractivity contribution in [2.75, 3.05) is 13.1 Å². The van der Waals surface area contributed by atoms with Crippen LogP contribution in [0.15, 0.2) is 4.99 Å². The van der Waals surface area contributed by atoms with Gasteiger partial charge in [-0.3, -0.25) is 4.99 Å². The summed E-state index contributed by atoms with van der Waals surface area (Å²) in [5.41, 5.74) is 6.35. The van der Waals surface area contributed by atoms with Crippen LogP contribution in [0.4, 0.5) is 0 Å². The Balaban J connectivity index is 0.00000144. The number of hydrogen-bond acceptors (Lipinski definition) is 1. The van der Waals surface area contributed by atoms with Crippen molar-refractivity contribution < 1.29 is 0 Å². The van der Waals surface area contributed by atoms with Crippen LogP contribution in [-0.4, -0.2) is 19.0 Å². The van der Waals surface area contributed by atoms with Gasteiger partial charge in [0.05, 0.1) is 0 Å². The lowest BCUT2D eigenvalue weighted by Gasteiger charge is -2.25. The van der Waals surface area contributed by atoms with E-state index in [1.807, 2.05) is 0 Å². The highest BCUT2D eigenvalue weighted by molar-refractivity contribution is 14.0. The number of halogens is 1. The molecular weight excluding hydrogens is 325 g/mol. The minimum absolute atomic E-state index is 0. The van der Waals surface area contributed by atoms with Crippen LogP contribution in [0.1, 0.15) is 46.0 Å². The van der Waals surface area contributed by atoms with Crippen molar-refractivity contribution in [2.24, 2.45) is 28.0 Å². The summed E-state index contributed by atoms with van der Waals surface area (Å²) in [7, 11) is 0. The summed E-state index contributed by atoms with van der Waals surface area (Å²) >= 11 is 0. The average Bonchev–Trinajstić information content (AvgIpc) is 2.93. The predicted octanol–water partition coefficient (Wildman–Crippen LogP) is 2.75. The number of nitrogens with two attached hydrogens (primary N) is 1. The molecule has 0 saturated heterocycles. The molecule has 4 heteroatoms. The molecule has 0 spiro atoms. The van der Waals surface area contributed by atoms with Crippen LogP contribution < -0.4 is 11.1 Å². The van der Waals surface area contributed by atoms with Gasteiger partial charge in [-0.25, -0.2) is 0 Å². The van der Waals surface area contributed by atoms with Crippen molar-refractivity contribution in [2.45, 2.75) is 46.0 Å². The van der Waals surface area contributed by atoms with E-state index < -0.39 is 0 Å². The van der Waals surface area contributed by atoms with Crippen LogP contribution >= 0.6 is 24.0 Å². The zero-order valence-electron chi connectivity index (χ0n) is 11.0. The fourth-order valence-corrected chi connectivity index (χ4v) is 2.32. The van der Waals surface area contributed by atoms with Gasteiger partial charge >= 0.3 is 0 Å². The largest absolute Gasteiger partial charge is 0.370 e. The lowest BCUT2D eigenvalue weighted by molar-refractivity contribution is 0.315. The predicted molar refractivity (Wildman–Crippen MR) is 83.8 cm³/mol. The third-order valence-electron chi connectivity index (χ3n) is 4.48. The highest BCUT2D eigenvalue weighted by Crippen LogP contribution is 2.51. The van der Waals surface area contributed by atoms with Gasteiger partial charge in [0.2, 0.25) is 0 Å². The molecule has 2 aliphatic carbocycles. The zero-order valence-corrected chi connectivity index (χ0v) is 13.4. The molecule has 3 nitrogen and oxygen atoms in total. The van der Waals surface area contributed by atoms with Crippen molar-refractivity contribution in [1.82, 2.24) is 5.32 Å². The van der Waals surface area contributed by atoms with Gasteiger partial charge < -0.3 is 11.1 Å². The highest BCUT2D eigenvalue weighted by atomic mass is 127. The summed E-state index contributed by atoms with van der Waals surface area (Å²) in [4.78, 5) is 4.49. The Morgan fingerprint density at radius 3 is 2.47 bits per heavy atom. The Morgan fingerprint density at radius 1 is 1.41 bits per heavy atom. The van der Waals surface area contributed by atoms with E-state index in [0.29, 0.717) is 11.4 Å². The van der Waals surface area contributed by atoms with Crippen molar-refractivity contribution >= 4 is 29.9 Å². The number of rotatable bonds is 5. The van der Waals surface area contributed by atoms with E-state index in [2.05, 4.69) is 24.2 Å². The summed E-state index contributed by atoms with van der Waals surface area (Å²) in [5.74, 6) is 2.23. The third kappa shape index (κ3) is 4.00. The quantitative estimate of drug-likeness (QED) is 0.455. The molecule has 3 N–H and O–H groups in total. The van der Waals surface area contributed by atoms with Gasteiger partial charge in [0, 0.05) is 13.1 Å². The van der Waals surface area contributed by atoms with E-state index in [1.165, 1.54) is 32.1 Å². The lowest BCUT2D eigenvalue weighted by Crippen LogP contribution is -2.37. The Hall–Kier alpha value is 0. The van der Waals surface area contributed by atoms with Gasteiger partial charge in [0.15, 0.2) is 5.96 Å². The molecule has 100 valence electrons. The first-order valence-electron chi connectivity index (χ1n) is 6.66. The van der Waals surface area contributed by atoms with Gasteiger partial charge in [-0.15, -0.1) is 24.0 Å². The fourth-order valence-electron chi connectivity index (χ4n) is 2.32. The number of nitrogens with one attached hydrogen (secondary N) is 1. The lowest BCUT2D eigenvalue weighted by atomic mass is 9.85. The second-order valence-corrected chi connectivity index (χ2v) is 5.90. The Kier molecular flexibility index (Phi) is 5.54. The summed E-state index contributed by atoms with van der Waals surface area (Å²) in [6.07, 6.45) is 6.75. The van der Waals surface area contributed by atoms with E-state index >= 15 is 0 Å². The average molecular weight is 351 g/mol. The van der Waals surface area contributed by atoms with Gasteiger partial charge in [0.25, 0.3) is 0 Å². The molecule has 0 amide bonds. The van der Waals surface area contributed by atoms with Gasteiger partial charge in [-0.05, 0) is 42.9 Å². The maximum Gasteiger partial charge on any atom is 0.188 e. The fraction of sp³-hybridized carbons (Fsp3) is 0.923. The van der Waals surface area contributed by atoms with E-state index in [9.17, 15) is 0 Å². The number of aliphatic imine (C=N–C) groups is 1. The number of hydrogen-bond donors (Lipinski definition) is 2. The molecule has 2 aliphatic rings. The molecule has 2 saturated carbocycles. The first-order valence-corrected chi connectivity index (χ1v) is 6.66. The SMILES string of the molecule is CC(C)C1(CN=C(N)NCC2CCC2)CC1.I. The van der Waals surface area contributed by atoms with Crippen molar-refractivity contribution in [3.63, 3.8) is 0 Å². The molecule has 0 radical (unpaired) electrons. The topological polar surface area (TPSA) is 50.4 Å². The number of nitrogens with zero attached hydrogens (tertiary/aromatic N) is 1. The van der Waals surface area contributed by atoms with Gasteiger partial charge in [-0.2, -0.15) is 0 Å². The summed E-state index contributed by atoms with van der Waals surface area (Å²) in [6.45, 7) is 6.51. The molecule has 0 unspecified atom stereocenters. The molecule has 0 aromatic rings. The van der Waals surface area contributed by atoms with E-state index in [-0.39, 0.29) is 24.0 Å². The van der Waals surface area contributed by atoms with Crippen LogP contribution in [-0.2, 0) is 0 Å². The van der Waals surface area contributed by atoms with Crippen LogP contribution in [0.25, 0.3) is 0 Å². The molecule has 2 fully saturated rings. The minimum Gasteiger partial charge on any atom is -0.370 e. The third-order valence-corrected chi connectivity index (χ3v) is 4.48. The van der Waals surface area contributed by atoms with Crippen molar-refractivity contribution in [3.05, 3.63) is 0 Å². The number of guanidine groups is 1. The van der Waals surface area contributed by atoms with Crippen molar-refractivity contribution in [1.29, 1.82) is 0 Å². The molecular formula is C13H26IN3. The molecule has 0 aliphatic heterocycles. The van der Waals surface area contributed by atoms with Crippen LogP contribution in [0.5, 0.6) is 0 Å². The monoisotopic (exact) mass is 351 g/mol. The van der Waals surface area contributed by atoms with E-state index in [1.54, 1.807) is 0 Å². The minimum atomic E-state index is 0. The molecule has 2 rings (SSSR count). The zero-order chi connectivity index (χ0) is 11.6. The highest BCUT2D eigenvalue weighted by Gasteiger charge is 2.45. The first-order chi connectivity index (χ1) is 7.62. The smallest absolute Gasteiger partial charge is 0.188 e. The van der Waals surface area contributed by atoms with Crippen LogP contribution in [0.3, 0.4) is 0 Å². The molecule has 0 aromatic carbocycles. The summed E-state index contributed by atoms with van der Waals surface area (Å²) in [5, 5.41) is 3.25. The van der Waals surface area contributed by atoms with Gasteiger partial charge in [-0.1, -0.05) is 20.3 Å². The standard InChI is InChI=1S/C13H25N3.HI/c1-10(2)13(6-7-13)9-16-12(14)15-8-11-4-3-5-11;/h10-11H,3-9H2,1-2H3,(H3,14,15,16);1H. The first kappa shape index (κ1) is 15.1. The Labute approximate surface area is 122 Å². The second kappa shape index (κ2) is 6.25. The molecule has 0 atom stereocenters. The molecule has 17 heavy (non-hydrogen) atoms. The Morgan fingerprint density at radius 2 is 2.06 bits per heavy atom. The molecule has 0 bridgehead atoms. The second-order valence-electron chi connectivity index (χ2n) is 5.90.